The Morgan fingerprint density at radius 3 is 2.27 bits per heavy atom. The van der Waals surface area contributed by atoms with Crippen LogP contribution in [-0.4, -0.2) is 24.3 Å². The Bertz CT molecular complexity index is 72.0. The zero-order chi connectivity index (χ0) is 8.53. The molecule has 0 aromatic carbocycles. The SMILES string of the molecule is CCC(CC)NCCCCO. The molecule has 0 heterocycles. The number of aliphatic hydroxyl groups is 1. The van der Waals surface area contributed by atoms with E-state index in [1.807, 2.05) is 0 Å². The minimum Gasteiger partial charge on any atom is -0.396 e. The third kappa shape index (κ3) is 6.32. The number of rotatable bonds is 7. The van der Waals surface area contributed by atoms with Crippen molar-refractivity contribution in [3.63, 3.8) is 0 Å². The van der Waals surface area contributed by atoms with E-state index in [2.05, 4.69) is 19.2 Å². The molecule has 0 aliphatic heterocycles. The molecule has 0 atom stereocenters. The van der Waals surface area contributed by atoms with E-state index in [1.165, 1.54) is 12.8 Å². The molecular weight excluding hydrogens is 138 g/mol. The number of hydrogen-bond acceptors (Lipinski definition) is 2. The van der Waals surface area contributed by atoms with Gasteiger partial charge in [-0.2, -0.15) is 0 Å². The largest absolute Gasteiger partial charge is 0.396 e. The zero-order valence-electron chi connectivity index (χ0n) is 7.77. The summed E-state index contributed by atoms with van der Waals surface area (Å²) in [4.78, 5) is 0. The second kappa shape index (κ2) is 8.02. The van der Waals surface area contributed by atoms with E-state index < -0.39 is 0 Å². The van der Waals surface area contributed by atoms with Crippen LogP contribution < -0.4 is 5.32 Å². The lowest BCUT2D eigenvalue weighted by Gasteiger charge is -2.13. The van der Waals surface area contributed by atoms with Crippen LogP contribution >= 0.6 is 0 Å². The lowest BCUT2D eigenvalue weighted by atomic mass is 10.1. The minimum absolute atomic E-state index is 0.324. The molecule has 0 amide bonds. The Hall–Kier alpha value is -0.0800. The van der Waals surface area contributed by atoms with E-state index in [-0.39, 0.29) is 0 Å². The van der Waals surface area contributed by atoms with Crippen LogP contribution in [0.3, 0.4) is 0 Å². The van der Waals surface area contributed by atoms with Gasteiger partial charge in [0.2, 0.25) is 0 Å². The second-order valence-corrected chi connectivity index (χ2v) is 2.90. The van der Waals surface area contributed by atoms with Crippen LogP contribution in [0.15, 0.2) is 0 Å². The lowest BCUT2D eigenvalue weighted by Crippen LogP contribution is -2.28. The molecule has 0 unspecified atom stereocenters. The standard InChI is InChI=1S/C9H21NO/c1-3-9(4-2)10-7-5-6-8-11/h9-11H,3-8H2,1-2H3. The molecule has 0 aromatic rings. The first-order valence-corrected chi connectivity index (χ1v) is 4.69. The van der Waals surface area contributed by atoms with Crippen molar-refractivity contribution in [3.8, 4) is 0 Å². The van der Waals surface area contributed by atoms with Crippen molar-refractivity contribution in [2.45, 2.75) is 45.6 Å². The molecule has 0 radical (unpaired) electrons. The number of nitrogens with one attached hydrogen (secondary N) is 1. The topological polar surface area (TPSA) is 32.3 Å². The third-order valence-corrected chi connectivity index (χ3v) is 2.00. The molecule has 2 N–H and O–H groups in total. The van der Waals surface area contributed by atoms with E-state index in [4.69, 9.17) is 5.11 Å². The Labute approximate surface area is 70.0 Å². The van der Waals surface area contributed by atoms with Gasteiger partial charge in [-0.1, -0.05) is 13.8 Å². The first kappa shape index (κ1) is 10.9. The van der Waals surface area contributed by atoms with Gasteiger partial charge >= 0.3 is 0 Å². The normalized spacial score (nSPS) is 10.9. The number of unbranched alkanes of at least 4 members (excludes halogenated alkanes) is 1. The van der Waals surface area contributed by atoms with Crippen molar-refractivity contribution in [2.24, 2.45) is 0 Å². The van der Waals surface area contributed by atoms with Gasteiger partial charge in [-0.3, -0.25) is 0 Å². The average Bonchev–Trinajstić information content (AvgIpc) is 2.05. The third-order valence-electron chi connectivity index (χ3n) is 2.00. The molecule has 11 heavy (non-hydrogen) atoms. The highest BCUT2D eigenvalue weighted by Crippen LogP contribution is 1.96. The van der Waals surface area contributed by atoms with Crippen LogP contribution in [0.5, 0.6) is 0 Å². The van der Waals surface area contributed by atoms with Crippen molar-refractivity contribution in [1.82, 2.24) is 5.32 Å². The van der Waals surface area contributed by atoms with Crippen LogP contribution in [0.4, 0.5) is 0 Å². The predicted octanol–water partition coefficient (Wildman–Crippen LogP) is 1.54. The number of hydrogen-bond donors (Lipinski definition) is 2. The van der Waals surface area contributed by atoms with Gasteiger partial charge in [-0.15, -0.1) is 0 Å². The lowest BCUT2D eigenvalue weighted by molar-refractivity contribution is 0.282. The molecule has 0 aliphatic carbocycles. The maximum atomic E-state index is 8.52. The fraction of sp³-hybridized carbons (Fsp3) is 1.00. The summed E-state index contributed by atoms with van der Waals surface area (Å²) < 4.78 is 0. The monoisotopic (exact) mass is 159 g/mol. The summed E-state index contributed by atoms with van der Waals surface area (Å²) >= 11 is 0. The summed E-state index contributed by atoms with van der Waals surface area (Å²) in [5.41, 5.74) is 0. The van der Waals surface area contributed by atoms with Crippen molar-refractivity contribution < 1.29 is 5.11 Å². The second-order valence-electron chi connectivity index (χ2n) is 2.90. The van der Waals surface area contributed by atoms with Crippen molar-refractivity contribution in [1.29, 1.82) is 0 Å². The van der Waals surface area contributed by atoms with Gasteiger partial charge in [0.1, 0.15) is 0 Å². The van der Waals surface area contributed by atoms with Gasteiger partial charge in [-0.25, -0.2) is 0 Å². The van der Waals surface area contributed by atoms with Crippen molar-refractivity contribution >= 4 is 0 Å². The highest BCUT2D eigenvalue weighted by molar-refractivity contribution is 4.61. The van der Waals surface area contributed by atoms with Crippen LogP contribution in [0.1, 0.15) is 39.5 Å². The molecule has 0 saturated heterocycles. The molecular formula is C9H21NO. The van der Waals surface area contributed by atoms with Crippen molar-refractivity contribution in [3.05, 3.63) is 0 Å². The number of aliphatic hydroxyl groups excluding tert-OH is 1. The van der Waals surface area contributed by atoms with Gasteiger partial charge in [0.15, 0.2) is 0 Å². The molecule has 68 valence electrons. The van der Waals surface area contributed by atoms with E-state index >= 15 is 0 Å². The van der Waals surface area contributed by atoms with Crippen molar-refractivity contribution in [2.75, 3.05) is 13.2 Å². The Balaban J connectivity index is 3.07. The maximum Gasteiger partial charge on any atom is 0.0431 e. The Morgan fingerprint density at radius 1 is 1.18 bits per heavy atom. The summed E-state index contributed by atoms with van der Waals surface area (Å²) in [5.74, 6) is 0. The van der Waals surface area contributed by atoms with E-state index in [0.29, 0.717) is 12.6 Å². The summed E-state index contributed by atoms with van der Waals surface area (Å²) in [6.45, 7) is 5.78. The maximum absolute atomic E-state index is 8.52. The van der Waals surface area contributed by atoms with Crippen LogP contribution in [-0.2, 0) is 0 Å². The van der Waals surface area contributed by atoms with Gasteiger partial charge in [0.25, 0.3) is 0 Å². The van der Waals surface area contributed by atoms with Crippen LogP contribution in [0.25, 0.3) is 0 Å². The smallest absolute Gasteiger partial charge is 0.0431 e. The average molecular weight is 159 g/mol. The minimum atomic E-state index is 0.324. The quantitative estimate of drug-likeness (QED) is 0.552. The van der Waals surface area contributed by atoms with Crippen LogP contribution in [0.2, 0.25) is 0 Å². The Kier molecular flexibility index (Phi) is 7.96. The molecule has 2 heteroatoms. The molecule has 0 rings (SSSR count). The molecule has 0 aliphatic rings. The molecule has 0 aromatic heterocycles. The fourth-order valence-electron chi connectivity index (χ4n) is 1.12. The molecule has 0 fully saturated rings. The summed E-state index contributed by atoms with van der Waals surface area (Å²) in [6, 6.07) is 0.675. The molecule has 0 bridgehead atoms. The van der Waals surface area contributed by atoms with Gasteiger partial charge in [-0.05, 0) is 32.2 Å². The van der Waals surface area contributed by atoms with Crippen LogP contribution in [0, 0.1) is 0 Å². The summed E-state index contributed by atoms with van der Waals surface area (Å²) in [7, 11) is 0. The van der Waals surface area contributed by atoms with Gasteiger partial charge in [0, 0.05) is 12.6 Å². The summed E-state index contributed by atoms with van der Waals surface area (Å²) in [6.07, 6.45) is 4.42. The predicted molar refractivity (Wildman–Crippen MR) is 48.7 cm³/mol. The van der Waals surface area contributed by atoms with E-state index in [0.717, 1.165) is 19.4 Å². The van der Waals surface area contributed by atoms with E-state index in [1.54, 1.807) is 0 Å². The fourth-order valence-corrected chi connectivity index (χ4v) is 1.12. The van der Waals surface area contributed by atoms with Gasteiger partial charge in [0.05, 0.1) is 0 Å². The Morgan fingerprint density at radius 2 is 1.82 bits per heavy atom. The first-order chi connectivity index (χ1) is 5.35. The van der Waals surface area contributed by atoms with Gasteiger partial charge < -0.3 is 10.4 Å². The summed E-state index contributed by atoms with van der Waals surface area (Å²) in [5, 5.41) is 12.0. The van der Waals surface area contributed by atoms with E-state index in [9.17, 15) is 0 Å². The molecule has 0 spiro atoms. The first-order valence-electron chi connectivity index (χ1n) is 4.69. The zero-order valence-corrected chi connectivity index (χ0v) is 7.77. The highest BCUT2D eigenvalue weighted by atomic mass is 16.2. The highest BCUT2D eigenvalue weighted by Gasteiger charge is 1.99. The molecule has 0 saturated carbocycles. The molecule has 2 nitrogen and oxygen atoms in total.